The maximum absolute atomic E-state index is 4.55. The zero-order chi connectivity index (χ0) is 11.7. The van der Waals surface area contributed by atoms with E-state index in [-0.39, 0.29) is 0 Å². The molecule has 0 unspecified atom stereocenters. The lowest BCUT2D eigenvalue weighted by molar-refractivity contribution is 0.636. The summed E-state index contributed by atoms with van der Waals surface area (Å²) in [6.45, 7) is 6.37. The summed E-state index contributed by atoms with van der Waals surface area (Å²) < 4.78 is 1.04. The van der Waals surface area contributed by atoms with Gasteiger partial charge in [-0.3, -0.25) is 0 Å². The molecule has 1 aromatic carbocycles. The number of benzene rings is 1. The minimum absolute atomic E-state index is 0.608. The summed E-state index contributed by atoms with van der Waals surface area (Å²) in [6.07, 6.45) is 0.996. The molecular weight excluding hydrogens is 264 g/mol. The molecule has 0 fully saturated rings. The van der Waals surface area contributed by atoms with Crippen LogP contribution in [0.25, 0.3) is 10.9 Å². The Morgan fingerprint density at radius 2 is 2.00 bits per heavy atom. The molecule has 0 spiro atoms. The summed E-state index contributed by atoms with van der Waals surface area (Å²) in [4.78, 5) is 9.04. The van der Waals surface area contributed by atoms with Gasteiger partial charge in [0.2, 0.25) is 0 Å². The molecule has 0 atom stereocenters. The lowest BCUT2D eigenvalue weighted by Crippen LogP contribution is -2.02. The van der Waals surface area contributed by atoms with Crippen molar-refractivity contribution in [2.45, 2.75) is 27.2 Å². The molecule has 0 radical (unpaired) electrons. The first kappa shape index (κ1) is 11.5. The van der Waals surface area contributed by atoms with E-state index in [1.807, 2.05) is 19.1 Å². The van der Waals surface area contributed by atoms with Crippen LogP contribution in [-0.2, 0) is 6.42 Å². The number of para-hydroxylation sites is 1. The quantitative estimate of drug-likeness (QED) is 0.833. The molecule has 3 heteroatoms. The van der Waals surface area contributed by atoms with Crippen molar-refractivity contribution in [2.24, 2.45) is 5.92 Å². The third-order valence-electron chi connectivity index (χ3n) is 2.47. The van der Waals surface area contributed by atoms with Crippen molar-refractivity contribution in [1.29, 1.82) is 0 Å². The monoisotopic (exact) mass is 278 g/mol. The van der Waals surface area contributed by atoms with Crippen molar-refractivity contribution in [2.75, 3.05) is 0 Å². The molecule has 2 aromatic rings. The Labute approximate surface area is 104 Å². The van der Waals surface area contributed by atoms with Crippen molar-refractivity contribution in [1.82, 2.24) is 9.97 Å². The maximum Gasteiger partial charge on any atom is 0.126 e. The summed E-state index contributed by atoms with van der Waals surface area (Å²) in [5.74, 6) is 1.45. The molecule has 0 amide bonds. The van der Waals surface area contributed by atoms with E-state index < -0.39 is 0 Å². The molecule has 0 saturated carbocycles. The largest absolute Gasteiger partial charge is 0.238 e. The average molecular weight is 279 g/mol. The van der Waals surface area contributed by atoms with Crippen LogP contribution in [-0.4, -0.2) is 9.97 Å². The predicted molar refractivity (Wildman–Crippen MR) is 70.5 cm³/mol. The number of hydrogen-bond donors (Lipinski definition) is 0. The third-order valence-corrected chi connectivity index (χ3v) is 3.11. The Morgan fingerprint density at radius 3 is 2.69 bits per heavy atom. The molecule has 1 heterocycles. The summed E-state index contributed by atoms with van der Waals surface area (Å²) in [5, 5.41) is 1.16. The molecule has 0 aliphatic rings. The zero-order valence-electron chi connectivity index (χ0n) is 9.79. The van der Waals surface area contributed by atoms with Crippen LogP contribution in [0.2, 0.25) is 0 Å². The third kappa shape index (κ3) is 2.24. The van der Waals surface area contributed by atoms with Gasteiger partial charge in [-0.05, 0) is 41.3 Å². The molecule has 0 saturated heterocycles. The molecule has 16 heavy (non-hydrogen) atoms. The molecule has 0 aliphatic heterocycles. The van der Waals surface area contributed by atoms with Crippen LogP contribution in [0.4, 0.5) is 0 Å². The van der Waals surface area contributed by atoms with Crippen molar-refractivity contribution in [3.05, 3.63) is 34.2 Å². The number of hydrogen-bond acceptors (Lipinski definition) is 2. The summed E-state index contributed by atoms with van der Waals surface area (Å²) in [6, 6.07) is 6.15. The highest BCUT2D eigenvalue weighted by Crippen LogP contribution is 2.25. The lowest BCUT2D eigenvalue weighted by atomic mass is 10.0. The number of aryl methyl sites for hydroxylation is 1. The standard InChI is InChI=1S/C13H15BrN2/c1-8(2)7-12-10-5-4-6-11(14)13(10)16-9(3)15-12/h4-6,8H,7H2,1-3H3. The smallest absolute Gasteiger partial charge is 0.126 e. The fourth-order valence-corrected chi connectivity index (χ4v) is 2.30. The highest BCUT2D eigenvalue weighted by Gasteiger charge is 2.09. The van der Waals surface area contributed by atoms with Gasteiger partial charge in [0.1, 0.15) is 5.82 Å². The minimum atomic E-state index is 0.608. The average Bonchev–Trinajstić information content (AvgIpc) is 2.18. The topological polar surface area (TPSA) is 25.8 Å². The van der Waals surface area contributed by atoms with Crippen molar-refractivity contribution in [3.63, 3.8) is 0 Å². The van der Waals surface area contributed by atoms with Gasteiger partial charge in [0.25, 0.3) is 0 Å². The van der Waals surface area contributed by atoms with E-state index in [1.165, 1.54) is 0 Å². The highest BCUT2D eigenvalue weighted by atomic mass is 79.9. The molecule has 84 valence electrons. The van der Waals surface area contributed by atoms with Gasteiger partial charge in [-0.1, -0.05) is 26.0 Å². The van der Waals surface area contributed by atoms with E-state index in [0.717, 1.165) is 33.3 Å². The van der Waals surface area contributed by atoms with E-state index in [1.54, 1.807) is 0 Å². The Hall–Kier alpha value is -0.960. The van der Waals surface area contributed by atoms with Crippen LogP contribution in [0, 0.1) is 12.8 Å². The van der Waals surface area contributed by atoms with Crippen molar-refractivity contribution >= 4 is 26.8 Å². The summed E-state index contributed by atoms with van der Waals surface area (Å²) in [7, 11) is 0. The lowest BCUT2D eigenvalue weighted by Gasteiger charge is -2.09. The van der Waals surface area contributed by atoms with Crippen LogP contribution in [0.1, 0.15) is 25.4 Å². The first-order valence-corrected chi connectivity index (χ1v) is 6.29. The van der Waals surface area contributed by atoms with Crippen molar-refractivity contribution in [3.8, 4) is 0 Å². The molecule has 2 rings (SSSR count). The van der Waals surface area contributed by atoms with E-state index in [0.29, 0.717) is 5.92 Å². The molecule has 1 aromatic heterocycles. The van der Waals surface area contributed by atoms with Crippen LogP contribution < -0.4 is 0 Å². The predicted octanol–water partition coefficient (Wildman–Crippen LogP) is 3.90. The van der Waals surface area contributed by atoms with Gasteiger partial charge in [0.05, 0.1) is 11.2 Å². The number of aromatic nitrogens is 2. The van der Waals surface area contributed by atoms with Gasteiger partial charge < -0.3 is 0 Å². The van der Waals surface area contributed by atoms with E-state index in [2.05, 4.69) is 45.8 Å². The number of halogens is 1. The van der Waals surface area contributed by atoms with Crippen LogP contribution in [0.15, 0.2) is 22.7 Å². The Morgan fingerprint density at radius 1 is 1.25 bits per heavy atom. The van der Waals surface area contributed by atoms with E-state index in [9.17, 15) is 0 Å². The van der Waals surface area contributed by atoms with Crippen LogP contribution >= 0.6 is 15.9 Å². The minimum Gasteiger partial charge on any atom is -0.238 e. The second-order valence-corrected chi connectivity index (χ2v) is 5.31. The Kier molecular flexibility index (Phi) is 3.24. The molecule has 2 nitrogen and oxygen atoms in total. The summed E-state index contributed by atoms with van der Waals surface area (Å²) >= 11 is 3.54. The number of nitrogens with zero attached hydrogens (tertiary/aromatic N) is 2. The fraction of sp³-hybridized carbons (Fsp3) is 0.385. The molecule has 0 bridgehead atoms. The second kappa shape index (κ2) is 4.50. The van der Waals surface area contributed by atoms with Crippen LogP contribution in [0.3, 0.4) is 0 Å². The van der Waals surface area contributed by atoms with Gasteiger partial charge in [0.15, 0.2) is 0 Å². The van der Waals surface area contributed by atoms with Gasteiger partial charge in [-0.2, -0.15) is 0 Å². The molecule has 0 N–H and O–H groups in total. The van der Waals surface area contributed by atoms with E-state index >= 15 is 0 Å². The first-order valence-electron chi connectivity index (χ1n) is 5.49. The van der Waals surface area contributed by atoms with Crippen LogP contribution in [0.5, 0.6) is 0 Å². The Bertz CT molecular complexity index is 521. The van der Waals surface area contributed by atoms with Gasteiger partial charge in [-0.15, -0.1) is 0 Å². The SMILES string of the molecule is Cc1nc(CC(C)C)c2cccc(Br)c2n1. The van der Waals surface area contributed by atoms with Gasteiger partial charge in [-0.25, -0.2) is 9.97 Å². The van der Waals surface area contributed by atoms with Crippen molar-refractivity contribution < 1.29 is 0 Å². The second-order valence-electron chi connectivity index (χ2n) is 4.45. The number of fused-ring (bicyclic) bond motifs is 1. The Balaban J connectivity index is 2.68. The highest BCUT2D eigenvalue weighted by molar-refractivity contribution is 9.10. The zero-order valence-corrected chi connectivity index (χ0v) is 11.4. The maximum atomic E-state index is 4.55. The molecule has 0 aliphatic carbocycles. The fourth-order valence-electron chi connectivity index (χ4n) is 1.85. The normalized spacial score (nSPS) is 11.3. The van der Waals surface area contributed by atoms with Gasteiger partial charge >= 0.3 is 0 Å². The first-order chi connectivity index (χ1) is 7.58. The van der Waals surface area contributed by atoms with Gasteiger partial charge in [0, 0.05) is 9.86 Å². The summed E-state index contributed by atoms with van der Waals surface area (Å²) in [5.41, 5.74) is 2.17. The van der Waals surface area contributed by atoms with E-state index in [4.69, 9.17) is 0 Å². The molecular formula is C13H15BrN2. The number of rotatable bonds is 2.